The van der Waals surface area contributed by atoms with E-state index in [1.54, 1.807) is 0 Å². The third-order valence-electron chi connectivity index (χ3n) is 4.83. The lowest BCUT2D eigenvalue weighted by Crippen LogP contribution is -2.44. The summed E-state index contributed by atoms with van der Waals surface area (Å²) in [6.07, 6.45) is 0. The molecular weight excluding hydrogens is 310 g/mol. The summed E-state index contributed by atoms with van der Waals surface area (Å²) in [5, 5.41) is 0. The molecule has 0 amide bonds. The number of nitrogens with zero attached hydrogens (tertiary/aromatic N) is 5. The Morgan fingerprint density at radius 2 is 1.13 bits per heavy atom. The van der Waals surface area contributed by atoms with Crippen molar-refractivity contribution in [3.05, 3.63) is 29.6 Å². The highest BCUT2D eigenvalue weighted by atomic mass is 35.5. The van der Waals surface area contributed by atoms with Crippen molar-refractivity contribution >= 4 is 12.4 Å². The second-order valence-corrected chi connectivity index (χ2v) is 6.78. The van der Waals surface area contributed by atoms with Crippen LogP contribution >= 0.6 is 12.4 Å². The van der Waals surface area contributed by atoms with E-state index in [9.17, 15) is 0 Å². The molecule has 6 heteroatoms. The minimum absolute atomic E-state index is 0. The molecular formula is C17H30ClN5. The lowest BCUT2D eigenvalue weighted by atomic mass is 10.2. The van der Waals surface area contributed by atoms with Crippen LogP contribution in [0.5, 0.6) is 0 Å². The van der Waals surface area contributed by atoms with Gasteiger partial charge in [0.2, 0.25) is 0 Å². The summed E-state index contributed by atoms with van der Waals surface area (Å²) >= 11 is 0. The van der Waals surface area contributed by atoms with Crippen molar-refractivity contribution in [2.24, 2.45) is 0 Å². The van der Waals surface area contributed by atoms with Gasteiger partial charge in [-0.05, 0) is 26.2 Å². The molecule has 2 aliphatic rings. The van der Waals surface area contributed by atoms with Crippen LogP contribution in [0.2, 0.25) is 0 Å². The van der Waals surface area contributed by atoms with Crippen molar-refractivity contribution in [2.45, 2.75) is 13.1 Å². The van der Waals surface area contributed by atoms with Crippen molar-refractivity contribution < 1.29 is 0 Å². The number of aromatic nitrogens is 1. The average Bonchev–Trinajstić information content (AvgIpc) is 2.52. The van der Waals surface area contributed by atoms with E-state index < -0.39 is 0 Å². The molecule has 3 heterocycles. The van der Waals surface area contributed by atoms with Gasteiger partial charge < -0.3 is 9.80 Å². The third kappa shape index (κ3) is 5.69. The number of hydrogen-bond donors (Lipinski definition) is 0. The zero-order valence-corrected chi connectivity index (χ0v) is 15.3. The summed E-state index contributed by atoms with van der Waals surface area (Å²) in [5.41, 5.74) is 2.44. The quantitative estimate of drug-likeness (QED) is 0.815. The Kier molecular flexibility index (Phi) is 7.24. The summed E-state index contributed by atoms with van der Waals surface area (Å²) in [6.45, 7) is 11.3. The van der Waals surface area contributed by atoms with Crippen molar-refractivity contribution in [3.8, 4) is 0 Å². The molecule has 3 rings (SSSR count). The molecule has 0 unspecified atom stereocenters. The third-order valence-corrected chi connectivity index (χ3v) is 4.83. The van der Waals surface area contributed by atoms with Crippen LogP contribution in [0.3, 0.4) is 0 Å². The number of halogens is 1. The SMILES string of the molecule is CN1CCN(Cc2cccc(CN3CCN(C)CC3)n2)CC1.Cl. The van der Waals surface area contributed by atoms with E-state index in [4.69, 9.17) is 4.98 Å². The van der Waals surface area contributed by atoms with Gasteiger partial charge in [0.1, 0.15) is 0 Å². The molecule has 0 aromatic carbocycles. The van der Waals surface area contributed by atoms with Crippen LogP contribution in [0.1, 0.15) is 11.4 Å². The number of rotatable bonds is 4. The normalized spacial score (nSPS) is 22.0. The fraction of sp³-hybridized carbons (Fsp3) is 0.706. The molecule has 23 heavy (non-hydrogen) atoms. The van der Waals surface area contributed by atoms with Crippen LogP contribution in [0.25, 0.3) is 0 Å². The van der Waals surface area contributed by atoms with Gasteiger partial charge in [0, 0.05) is 65.4 Å². The van der Waals surface area contributed by atoms with Crippen molar-refractivity contribution in [1.82, 2.24) is 24.6 Å². The number of hydrogen-bond acceptors (Lipinski definition) is 5. The zero-order valence-electron chi connectivity index (χ0n) is 14.4. The molecule has 1 aromatic rings. The fourth-order valence-corrected chi connectivity index (χ4v) is 3.18. The molecule has 5 nitrogen and oxygen atoms in total. The molecule has 0 bridgehead atoms. The van der Waals surface area contributed by atoms with Crippen LogP contribution in [-0.2, 0) is 13.1 Å². The second kappa shape index (κ2) is 8.94. The Balaban J connectivity index is 0.00000192. The van der Waals surface area contributed by atoms with E-state index in [1.165, 1.54) is 37.6 Å². The van der Waals surface area contributed by atoms with Gasteiger partial charge in [-0.3, -0.25) is 14.8 Å². The molecule has 0 radical (unpaired) electrons. The highest BCUT2D eigenvalue weighted by Gasteiger charge is 2.16. The van der Waals surface area contributed by atoms with Gasteiger partial charge in [-0.15, -0.1) is 12.4 Å². The first kappa shape index (κ1) is 18.6. The molecule has 0 saturated carbocycles. The predicted octanol–water partition coefficient (Wildman–Crippen LogP) is 0.998. The Morgan fingerprint density at radius 1 is 0.739 bits per heavy atom. The maximum Gasteiger partial charge on any atom is 0.0547 e. The summed E-state index contributed by atoms with van der Waals surface area (Å²) in [5.74, 6) is 0. The summed E-state index contributed by atoms with van der Waals surface area (Å²) in [4.78, 5) is 14.7. The highest BCUT2D eigenvalue weighted by Crippen LogP contribution is 2.10. The first-order valence-electron chi connectivity index (χ1n) is 8.46. The lowest BCUT2D eigenvalue weighted by molar-refractivity contribution is 0.143. The lowest BCUT2D eigenvalue weighted by Gasteiger charge is -2.33. The van der Waals surface area contributed by atoms with Crippen LogP contribution in [0.15, 0.2) is 18.2 Å². The topological polar surface area (TPSA) is 25.9 Å². The molecule has 0 N–H and O–H groups in total. The molecule has 1 aromatic heterocycles. The monoisotopic (exact) mass is 339 g/mol. The van der Waals surface area contributed by atoms with Gasteiger partial charge >= 0.3 is 0 Å². The fourth-order valence-electron chi connectivity index (χ4n) is 3.18. The van der Waals surface area contributed by atoms with E-state index in [0.717, 1.165) is 39.3 Å². The summed E-state index contributed by atoms with van der Waals surface area (Å²) in [7, 11) is 4.40. The van der Waals surface area contributed by atoms with E-state index in [2.05, 4.69) is 51.9 Å². The Hall–Kier alpha value is -0.720. The number of pyridine rings is 1. The van der Waals surface area contributed by atoms with Crippen LogP contribution in [0, 0.1) is 0 Å². The van der Waals surface area contributed by atoms with Crippen LogP contribution < -0.4 is 0 Å². The Bertz CT molecular complexity index is 429. The minimum Gasteiger partial charge on any atom is -0.304 e. The largest absolute Gasteiger partial charge is 0.304 e. The van der Waals surface area contributed by atoms with Crippen molar-refractivity contribution in [3.63, 3.8) is 0 Å². The minimum atomic E-state index is 0. The van der Waals surface area contributed by atoms with E-state index in [1.807, 2.05) is 0 Å². The maximum absolute atomic E-state index is 4.89. The van der Waals surface area contributed by atoms with Crippen molar-refractivity contribution in [2.75, 3.05) is 66.5 Å². The smallest absolute Gasteiger partial charge is 0.0547 e. The molecule has 0 aliphatic carbocycles. The van der Waals surface area contributed by atoms with Crippen LogP contribution in [0.4, 0.5) is 0 Å². The second-order valence-electron chi connectivity index (χ2n) is 6.78. The van der Waals surface area contributed by atoms with Gasteiger partial charge in [-0.2, -0.15) is 0 Å². The molecule has 2 fully saturated rings. The number of likely N-dealkylation sites (N-methyl/N-ethyl adjacent to an activating group) is 2. The van der Waals surface area contributed by atoms with Crippen molar-refractivity contribution in [1.29, 1.82) is 0 Å². The Labute approximate surface area is 146 Å². The molecule has 0 spiro atoms. The van der Waals surface area contributed by atoms with E-state index in [0.29, 0.717) is 0 Å². The maximum atomic E-state index is 4.89. The molecule has 130 valence electrons. The molecule has 0 atom stereocenters. The predicted molar refractivity (Wildman–Crippen MR) is 97.0 cm³/mol. The standard InChI is InChI=1S/C17H29N5.ClH/c1-19-6-10-21(11-7-19)14-16-4-3-5-17(18-16)15-22-12-8-20(2)9-13-22;/h3-5H,6-15H2,1-2H3;1H. The van der Waals surface area contributed by atoms with Crippen LogP contribution in [-0.4, -0.2) is 91.0 Å². The van der Waals surface area contributed by atoms with Gasteiger partial charge in [0.25, 0.3) is 0 Å². The molecule has 2 saturated heterocycles. The van der Waals surface area contributed by atoms with E-state index in [-0.39, 0.29) is 12.4 Å². The van der Waals surface area contributed by atoms with Gasteiger partial charge in [0.05, 0.1) is 11.4 Å². The number of piperazine rings is 2. The van der Waals surface area contributed by atoms with Gasteiger partial charge in [-0.25, -0.2) is 0 Å². The summed E-state index contributed by atoms with van der Waals surface area (Å²) in [6, 6.07) is 6.52. The zero-order chi connectivity index (χ0) is 15.4. The van der Waals surface area contributed by atoms with Gasteiger partial charge in [0.15, 0.2) is 0 Å². The Morgan fingerprint density at radius 3 is 1.52 bits per heavy atom. The van der Waals surface area contributed by atoms with Gasteiger partial charge in [-0.1, -0.05) is 6.07 Å². The average molecular weight is 340 g/mol. The first-order chi connectivity index (χ1) is 10.7. The summed E-state index contributed by atoms with van der Waals surface area (Å²) < 4.78 is 0. The molecule has 2 aliphatic heterocycles. The highest BCUT2D eigenvalue weighted by molar-refractivity contribution is 5.85. The van der Waals surface area contributed by atoms with E-state index >= 15 is 0 Å². The first-order valence-corrected chi connectivity index (χ1v) is 8.46.